The number of fused-ring (bicyclic) bond motifs is 1. The number of nitrogens with one attached hydrogen (secondary N) is 1. The number of rotatable bonds is 5. The van der Waals surface area contributed by atoms with E-state index < -0.39 is 10.8 Å². The van der Waals surface area contributed by atoms with Gasteiger partial charge < -0.3 is 20.5 Å². The Morgan fingerprint density at radius 1 is 1.42 bits per heavy atom. The number of amides is 1. The fraction of sp³-hybridized carbons (Fsp3) is 0.417. The molecule has 19 heavy (non-hydrogen) atoms. The summed E-state index contributed by atoms with van der Waals surface area (Å²) in [6.45, 7) is 0.606. The van der Waals surface area contributed by atoms with Crippen LogP contribution in [0, 0.1) is 0 Å². The molecule has 0 fully saturated rings. The zero-order valence-electron chi connectivity index (χ0n) is 10.6. The van der Waals surface area contributed by atoms with E-state index in [9.17, 15) is 9.00 Å². The van der Waals surface area contributed by atoms with Gasteiger partial charge in [0.25, 0.3) is 5.91 Å². The van der Waals surface area contributed by atoms with Crippen LogP contribution in [0.4, 0.5) is 5.69 Å². The first-order valence-corrected chi connectivity index (χ1v) is 7.58. The fourth-order valence-corrected chi connectivity index (χ4v) is 2.28. The first-order valence-electron chi connectivity index (χ1n) is 5.85. The van der Waals surface area contributed by atoms with Crippen LogP contribution in [-0.4, -0.2) is 35.5 Å². The van der Waals surface area contributed by atoms with Crippen molar-refractivity contribution in [3.05, 3.63) is 17.7 Å². The van der Waals surface area contributed by atoms with Crippen molar-refractivity contribution in [3.63, 3.8) is 0 Å². The Kier molecular flexibility index (Phi) is 4.26. The molecule has 7 heteroatoms. The van der Waals surface area contributed by atoms with Crippen molar-refractivity contribution in [2.45, 2.75) is 6.42 Å². The average Bonchev–Trinajstić information content (AvgIpc) is 2.80. The second kappa shape index (κ2) is 5.92. The van der Waals surface area contributed by atoms with E-state index >= 15 is 0 Å². The number of hydrogen-bond donors (Lipinski definition) is 2. The van der Waals surface area contributed by atoms with E-state index in [-0.39, 0.29) is 12.7 Å². The highest BCUT2D eigenvalue weighted by atomic mass is 32.2. The summed E-state index contributed by atoms with van der Waals surface area (Å²) < 4.78 is 21.3. The van der Waals surface area contributed by atoms with Crippen molar-refractivity contribution >= 4 is 22.4 Å². The van der Waals surface area contributed by atoms with Gasteiger partial charge in [0.1, 0.15) is 0 Å². The van der Waals surface area contributed by atoms with E-state index in [2.05, 4.69) is 5.32 Å². The summed E-state index contributed by atoms with van der Waals surface area (Å²) in [5, 5.41) is 2.74. The molecule has 3 N–H and O–H groups in total. The van der Waals surface area contributed by atoms with E-state index in [1.165, 1.54) is 0 Å². The quantitative estimate of drug-likeness (QED) is 0.607. The lowest BCUT2D eigenvalue weighted by Crippen LogP contribution is -2.26. The Balaban J connectivity index is 1.97. The molecular formula is C12H16N2O4S. The SMILES string of the molecule is CS(=O)CCCNC(=O)c1cc2c(cc1N)OCO2. The summed E-state index contributed by atoms with van der Waals surface area (Å²) in [5.74, 6) is 1.37. The summed E-state index contributed by atoms with van der Waals surface area (Å²) in [7, 11) is -0.842. The van der Waals surface area contributed by atoms with Crippen LogP contribution >= 0.6 is 0 Å². The van der Waals surface area contributed by atoms with Gasteiger partial charge in [0.05, 0.1) is 5.56 Å². The smallest absolute Gasteiger partial charge is 0.253 e. The second-order valence-electron chi connectivity index (χ2n) is 4.18. The molecule has 0 radical (unpaired) electrons. The predicted octanol–water partition coefficient (Wildman–Crippen LogP) is 0.496. The fourth-order valence-electron chi connectivity index (χ4n) is 1.73. The van der Waals surface area contributed by atoms with Gasteiger partial charge in [0.15, 0.2) is 11.5 Å². The Morgan fingerprint density at radius 3 is 2.79 bits per heavy atom. The standard InChI is InChI=1S/C12H16N2O4S/c1-19(16)4-2-3-14-12(15)8-5-10-11(6-9(8)13)18-7-17-10/h5-6H,2-4,7,13H2,1H3,(H,14,15). The number of anilines is 1. The maximum Gasteiger partial charge on any atom is 0.253 e. The minimum Gasteiger partial charge on any atom is -0.454 e. The third-order valence-corrected chi connectivity index (χ3v) is 3.55. The van der Waals surface area contributed by atoms with Crippen molar-refractivity contribution in [1.82, 2.24) is 5.32 Å². The summed E-state index contributed by atoms with van der Waals surface area (Å²) in [4.78, 5) is 11.9. The molecule has 1 atom stereocenters. The highest BCUT2D eigenvalue weighted by Gasteiger charge is 2.19. The number of carbonyl (C=O) groups excluding carboxylic acids is 1. The number of carbonyl (C=O) groups is 1. The molecule has 0 aliphatic carbocycles. The highest BCUT2D eigenvalue weighted by molar-refractivity contribution is 7.84. The van der Waals surface area contributed by atoms with Crippen LogP contribution in [-0.2, 0) is 10.8 Å². The molecule has 1 aliphatic rings. The number of nitrogens with two attached hydrogens (primary N) is 1. The Bertz CT molecular complexity index is 519. The van der Waals surface area contributed by atoms with Crippen LogP contribution in [0.25, 0.3) is 0 Å². The molecule has 2 rings (SSSR count). The molecule has 0 spiro atoms. The lowest BCUT2D eigenvalue weighted by Gasteiger charge is -2.08. The molecule has 0 saturated carbocycles. The molecule has 0 aromatic heterocycles. The number of benzene rings is 1. The van der Waals surface area contributed by atoms with E-state index in [0.29, 0.717) is 41.5 Å². The van der Waals surface area contributed by atoms with E-state index in [4.69, 9.17) is 15.2 Å². The van der Waals surface area contributed by atoms with Gasteiger partial charge in [-0.15, -0.1) is 0 Å². The zero-order valence-corrected chi connectivity index (χ0v) is 11.4. The Hall–Kier alpha value is -1.76. The molecule has 104 valence electrons. The molecule has 1 aliphatic heterocycles. The van der Waals surface area contributed by atoms with Gasteiger partial charge in [-0.1, -0.05) is 0 Å². The average molecular weight is 284 g/mol. The van der Waals surface area contributed by atoms with Gasteiger partial charge in [0.2, 0.25) is 6.79 Å². The molecule has 0 bridgehead atoms. The van der Waals surface area contributed by atoms with Gasteiger partial charge in [-0.2, -0.15) is 0 Å². The minimum atomic E-state index is -0.842. The van der Waals surface area contributed by atoms with Crippen LogP contribution in [0.15, 0.2) is 12.1 Å². The third-order valence-electron chi connectivity index (χ3n) is 2.68. The minimum absolute atomic E-state index is 0.141. The lowest BCUT2D eigenvalue weighted by molar-refractivity contribution is 0.0954. The molecular weight excluding hydrogens is 268 g/mol. The van der Waals surface area contributed by atoms with Crippen molar-refractivity contribution in [2.75, 3.05) is 31.1 Å². The maximum absolute atomic E-state index is 11.9. The van der Waals surface area contributed by atoms with Crippen LogP contribution in [0.1, 0.15) is 16.8 Å². The summed E-state index contributed by atoms with van der Waals surface area (Å²) in [5.41, 5.74) is 6.51. The van der Waals surface area contributed by atoms with Gasteiger partial charge >= 0.3 is 0 Å². The first-order chi connectivity index (χ1) is 9.08. The largest absolute Gasteiger partial charge is 0.454 e. The lowest BCUT2D eigenvalue weighted by atomic mass is 10.1. The van der Waals surface area contributed by atoms with Crippen LogP contribution in [0.2, 0.25) is 0 Å². The first kappa shape index (κ1) is 13.7. The summed E-state index contributed by atoms with van der Waals surface area (Å²) in [6.07, 6.45) is 2.30. The number of hydrogen-bond acceptors (Lipinski definition) is 5. The Labute approximate surface area is 113 Å². The van der Waals surface area contributed by atoms with Gasteiger partial charge in [-0.3, -0.25) is 9.00 Å². The Morgan fingerprint density at radius 2 is 2.11 bits per heavy atom. The van der Waals surface area contributed by atoms with Gasteiger partial charge in [-0.25, -0.2) is 0 Å². The van der Waals surface area contributed by atoms with Crippen LogP contribution < -0.4 is 20.5 Å². The van der Waals surface area contributed by atoms with E-state index in [1.807, 2.05) is 0 Å². The highest BCUT2D eigenvalue weighted by Crippen LogP contribution is 2.35. The zero-order chi connectivity index (χ0) is 13.8. The second-order valence-corrected chi connectivity index (χ2v) is 5.73. The molecule has 1 amide bonds. The molecule has 1 aromatic carbocycles. The molecule has 1 unspecified atom stereocenters. The maximum atomic E-state index is 11.9. The van der Waals surface area contributed by atoms with Crippen molar-refractivity contribution < 1.29 is 18.5 Å². The van der Waals surface area contributed by atoms with Crippen molar-refractivity contribution in [2.24, 2.45) is 0 Å². The van der Waals surface area contributed by atoms with Gasteiger partial charge in [-0.05, 0) is 12.5 Å². The third kappa shape index (κ3) is 3.37. The molecule has 6 nitrogen and oxygen atoms in total. The molecule has 0 saturated heterocycles. The van der Waals surface area contributed by atoms with E-state index in [0.717, 1.165) is 0 Å². The van der Waals surface area contributed by atoms with Gasteiger partial charge in [0, 0.05) is 41.1 Å². The number of nitrogen functional groups attached to an aromatic ring is 1. The topological polar surface area (TPSA) is 90.7 Å². The van der Waals surface area contributed by atoms with E-state index in [1.54, 1.807) is 18.4 Å². The van der Waals surface area contributed by atoms with Crippen LogP contribution in [0.5, 0.6) is 11.5 Å². The molecule has 1 heterocycles. The summed E-state index contributed by atoms with van der Waals surface area (Å²) in [6, 6.07) is 3.16. The summed E-state index contributed by atoms with van der Waals surface area (Å²) >= 11 is 0. The van der Waals surface area contributed by atoms with Crippen molar-refractivity contribution in [1.29, 1.82) is 0 Å². The monoisotopic (exact) mass is 284 g/mol. The number of ether oxygens (including phenoxy) is 2. The normalized spacial score (nSPS) is 14.2. The molecule has 1 aromatic rings. The van der Waals surface area contributed by atoms with Crippen LogP contribution in [0.3, 0.4) is 0 Å². The van der Waals surface area contributed by atoms with Crippen molar-refractivity contribution in [3.8, 4) is 11.5 Å². The predicted molar refractivity (Wildman–Crippen MR) is 72.9 cm³/mol.